The van der Waals surface area contributed by atoms with Crippen LogP contribution in [-0.2, 0) is 49.4 Å². The minimum absolute atomic E-state index is 0.126. The highest BCUT2D eigenvalue weighted by Crippen LogP contribution is 2.43. The molecule has 0 amide bonds. The molecule has 21 nitrogen and oxygen atoms in total. The Kier molecular flexibility index (Phi) is 26.2. The van der Waals surface area contributed by atoms with Crippen molar-refractivity contribution in [1.29, 1.82) is 0 Å². The molecule has 0 radical (unpaired) electrons. The molecule has 3 heterocycles. The Morgan fingerprint density at radius 2 is 1.22 bits per heavy atom. The molecule has 21 heteroatoms. The summed E-state index contributed by atoms with van der Waals surface area (Å²) in [5, 5.41) is 129. The van der Waals surface area contributed by atoms with E-state index in [1.165, 1.54) is 18.2 Å². The van der Waals surface area contributed by atoms with Crippen LogP contribution in [0.1, 0.15) is 88.9 Å². The van der Waals surface area contributed by atoms with Gasteiger partial charge < -0.3 is 94.4 Å². The molecule has 72 heavy (non-hydrogen) atoms. The number of hydrogen-bond acceptors (Lipinski definition) is 21. The molecule has 4 rings (SSSR count). The Balaban J connectivity index is 1.66. The van der Waals surface area contributed by atoms with E-state index in [1.54, 1.807) is 24.3 Å². The standard InChI is InChI=1S/C51H74O21/c1-3-5-7-9-11-13-16-20-31(55)21-17-15-19-23-38(59)70-48-45(65)47(39-30(26-52)24-32(56)25-33(39)57)67-35(28-54)46(48)71-51-49(72-50-44(64)42(62)40(60)34(27-53)68-50)43(63)41(61)36(69-51)29-66-37(58)22-18-14-12-10-8-6-4-2/h11-20,22-25,31,34-36,40-57,60-65H,3-10,21,26-29H2,1-2H3/t31-,34-,35+,36-,40-,41-,42-,43+,44-,45-,46+,47+,48+,49-,50-,51+/m0/s1. The second-order valence-corrected chi connectivity index (χ2v) is 17.6. The number of allylic oxidation sites excluding steroid dienone is 8. The molecule has 0 aromatic heterocycles. The van der Waals surface area contributed by atoms with Crippen molar-refractivity contribution in [2.24, 2.45) is 0 Å². The van der Waals surface area contributed by atoms with Crippen molar-refractivity contribution in [3.63, 3.8) is 0 Å². The molecule has 3 saturated heterocycles. The van der Waals surface area contributed by atoms with E-state index in [4.69, 9.17) is 33.2 Å². The highest BCUT2D eigenvalue weighted by molar-refractivity contribution is 5.82. The van der Waals surface area contributed by atoms with Crippen molar-refractivity contribution >= 4 is 11.9 Å². The topological polar surface area (TPSA) is 342 Å². The Hall–Kier alpha value is -4.40. The van der Waals surface area contributed by atoms with Crippen molar-refractivity contribution in [3.8, 4) is 11.5 Å². The third-order valence-corrected chi connectivity index (χ3v) is 12.1. The molecule has 0 spiro atoms. The zero-order valence-electron chi connectivity index (χ0n) is 40.6. The molecule has 1 aromatic rings. The van der Waals surface area contributed by atoms with Gasteiger partial charge in [-0.2, -0.15) is 0 Å². The largest absolute Gasteiger partial charge is 0.508 e. The molecule has 0 aliphatic carbocycles. The highest BCUT2D eigenvalue weighted by atomic mass is 16.8. The number of aliphatic hydroxyl groups excluding tert-OH is 10. The number of benzene rings is 1. The Morgan fingerprint density at radius 3 is 1.86 bits per heavy atom. The van der Waals surface area contributed by atoms with E-state index in [2.05, 4.69) is 13.8 Å². The number of aliphatic hydroxyl groups is 10. The van der Waals surface area contributed by atoms with E-state index in [0.29, 0.717) is 0 Å². The average molecular weight is 1020 g/mol. The van der Waals surface area contributed by atoms with E-state index in [9.17, 15) is 70.9 Å². The lowest BCUT2D eigenvalue weighted by atomic mass is 9.88. The molecule has 3 fully saturated rings. The van der Waals surface area contributed by atoms with Crippen LogP contribution >= 0.6 is 0 Å². The van der Waals surface area contributed by atoms with Crippen molar-refractivity contribution < 1.29 is 104 Å². The maximum absolute atomic E-state index is 13.6. The van der Waals surface area contributed by atoms with Gasteiger partial charge in [0, 0.05) is 23.8 Å². The molecular weight excluding hydrogens is 949 g/mol. The van der Waals surface area contributed by atoms with E-state index >= 15 is 0 Å². The summed E-state index contributed by atoms with van der Waals surface area (Å²) in [7, 11) is 0. The number of rotatable bonds is 27. The summed E-state index contributed by atoms with van der Waals surface area (Å²) in [6.45, 7) is 0.838. The van der Waals surface area contributed by atoms with Gasteiger partial charge in [-0.15, -0.1) is 0 Å². The molecule has 16 atom stereocenters. The third kappa shape index (κ3) is 17.6. The van der Waals surface area contributed by atoms with Gasteiger partial charge in [0.25, 0.3) is 0 Å². The van der Waals surface area contributed by atoms with E-state index in [-0.39, 0.29) is 17.5 Å². The summed E-state index contributed by atoms with van der Waals surface area (Å²) in [6.07, 6.45) is -2.13. The van der Waals surface area contributed by atoms with Crippen LogP contribution in [-0.4, -0.2) is 185 Å². The fourth-order valence-electron chi connectivity index (χ4n) is 8.13. The molecule has 404 valence electrons. The van der Waals surface area contributed by atoms with Crippen molar-refractivity contribution in [2.75, 3.05) is 19.8 Å². The monoisotopic (exact) mass is 1020 g/mol. The Bertz CT molecular complexity index is 1970. The second-order valence-electron chi connectivity index (χ2n) is 17.6. The number of carbonyl (C=O) groups is 2. The summed E-state index contributed by atoms with van der Waals surface area (Å²) in [5.74, 6) is -3.10. The highest BCUT2D eigenvalue weighted by Gasteiger charge is 2.55. The lowest BCUT2D eigenvalue weighted by molar-refractivity contribution is -0.383. The zero-order chi connectivity index (χ0) is 52.7. The number of hydrogen-bond donors (Lipinski definition) is 12. The van der Waals surface area contributed by atoms with Gasteiger partial charge in [-0.05, 0) is 43.7 Å². The van der Waals surface area contributed by atoms with Crippen molar-refractivity contribution in [2.45, 2.75) is 176 Å². The van der Waals surface area contributed by atoms with Gasteiger partial charge >= 0.3 is 11.9 Å². The van der Waals surface area contributed by atoms with E-state index < -0.39 is 148 Å². The summed E-state index contributed by atoms with van der Waals surface area (Å²) in [5.41, 5.74) is -0.392. The molecule has 0 saturated carbocycles. The zero-order valence-corrected chi connectivity index (χ0v) is 40.6. The minimum Gasteiger partial charge on any atom is -0.508 e. The number of phenolic OH excluding ortho intramolecular Hbond substituents is 2. The molecule has 3 aliphatic heterocycles. The van der Waals surface area contributed by atoms with Gasteiger partial charge in [0.15, 0.2) is 18.7 Å². The normalized spacial score (nSPS) is 32.0. The average Bonchev–Trinajstić information content (AvgIpc) is 3.36. The number of unbranched alkanes of at least 4 members (excludes halogenated alkanes) is 6. The first-order valence-corrected chi connectivity index (χ1v) is 24.4. The lowest BCUT2D eigenvalue weighted by Crippen LogP contribution is -2.66. The summed E-state index contributed by atoms with van der Waals surface area (Å²) in [4.78, 5) is 26.3. The van der Waals surface area contributed by atoms with Crippen LogP contribution in [0.2, 0.25) is 0 Å². The predicted octanol–water partition coefficient (Wildman–Crippen LogP) is 1.10. The number of carbonyl (C=O) groups excluding carboxylic acids is 2. The molecule has 12 N–H and O–H groups in total. The summed E-state index contributed by atoms with van der Waals surface area (Å²) < 4.78 is 40.8. The number of phenols is 2. The van der Waals surface area contributed by atoms with Gasteiger partial charge in [-0.25, -0.2) is 9.59 Å². The van der Waals surface area contributed by atoms with Crippen LogP contribution in [0.15, 0.2) is 85.0 Å². The SMILES string of the molecule is CCCCCC=CC=CC(=O)OC[C@@H]1O[C@H](O[C@H]2[C@H](OC(=O)C=CC=CC[C@@H](O)C=CC=CCCCCC)[C@@H](O)[C@@H](c3c(O)cc(O)cc3CO)O[C@@H]2CO)[C@@H](O[C@@H]2O[C@@H](CO)[C@H](O)[C@H](O)[C@@H]2O)[C@H](O)[C@H]1O. The number of aromatic hydroxyl groups is 2. The maximum atomic E-state index is 13.6. The fourth-order valence-corrected chi connectivity index (χ4v) is 8.13. The fraction of sp³-hybridized carbons (Fsp3) is 0.608. The van der Waals surface area contributed by atoms with Gasteiger partial charge in [0.1, 0.15) is 91.4 Å². The van der Waals surface area contributed by atoms with Crippen LogP contribution in [0, 0.1) is 0 Å². The molecular formula is C51H74O21. The Morgan fingerprint density at radius 1 is 0.625 bits per heavy atom. The molecule has 0 bridgehead atoms. The quantitative estimate of drug-likeness (QED) is 0.0254. The summed E-state index contributed by atoms with van der Waals surface area (Å²) in [6, 6.07) is 1.97. The third-order valence-electron chi connectivity index (χ3n) is 12.1. The van der Waals surface area contributed by atoms with Gasteiger partial charge in [0.2, 0.25) is 0 Å². The first kappa shape index (κ1) is 60.2. The first-order chi connectivity index (χ1) is 34.6. The molecule has 1 aromatic carbocycles. The van der Waals surface area contributed by atoms with Crippen LogP contribution in [0.4, 0.5) is 0 Å². The van der Waals surface area contributed by atoms with Gasteiger partial charge in [-0.3, -0.25) is 0 Å². The maximum Gasteiger partial charge on any atom is 0.331 e. The van der Waals surface area contributed by atoms with Crippen molar-refractivity contribution in [1.82, 2.24) is 0 Å². The molecule has 0 unspecified atom stereocenters. The van der Waals surface area contributed by atoms with Crippen LogP contribution in [0.25, 0.3) is 0 Å². The van der Waals surface area contributed by atoms with Crippen molar-refractivity contribution in [3.05, 3.63) is 96.2 Å². The minimum atomic E-state index is -2.09. The number of ether oxygens (including phenoxy) is 7. The lowest BCUT2D eigenvalue weighted by Gasteiger charge is -2.49. The van der Waals surface area contributed by atoms with Gasteiger partial charge in [0.05, 0.1) is 25.9 Å². The predicted molar refractivity (Wildman–Crippen MR) is 255 cm³/mol. The van der Waals surface area contributed by atoms with E-state index in [0.717, 1.165) is 75.7 Å². The smallest absolute Gasteiger partial charge is 0.331 e. The number of esters is 2. The van der Waals surface area contributed by atoms with Crippen LogP contribution < -0.4 is 0 Å². The van der Waals surface area contributed by atoms with Crippen LogP contribution in [0.3, 0.4) is 0 Å². The first-order valence-electron chi connectivity index (χ1n) is 24.4. The van der Waals surface area contributed by atoms with Gasteiger partial charge in [-0.1, -0.05) is 100 Å². The Labute approximate surface area is 418 Å². The molecule has 3 aliphatic rings. The second kappa shape index (κ2) is 31.4. The summed E-state index contributed by atoms with van der Waals surface area (Å²) >= 11 is 0. The van der Waals surface area contributed by atoms with E-state index in [1.807, 2.05) is 18.2 Å². The van der Waals surface area contributed by atoms with Crippen LogP contribution in [0.5, 0.6) is 11.5 Å².